The van der Waals surface area contributed by atoms with Gasteiger partial charge in [-0.05, 0) is 12.8 Å². The van der Waals surface area contributed by atoms with Gasteiger partial charge in [-0.25, -0.2) is 0 Å². The highest BCUT2D eigenvalue weighted by Crippen LogP contribution is 2.55. The van der Waals surface area contributed by atoms with E-state index in [-0.39, 0.29) is 5.60 Å². The molecule has 0 bridgehead atoms. The van der Waals surface area contributed by atoms with E-state index in [1.807, 2.05) is 0 Å². The summed E-state index contributed by atoms with van der Waals surface area (Å²) in [5.74, 6) is 0.791. The Kier molecular flexibility index (Phi) is 1.40. The fourth-order valence-electron chi connectivity index (χ4n) is 2.73. The van der Waals surface area contributed by atoms with Gasteiger partial charge >= 0.3 is 0 Å². The summed E-state index contributed by atoms with van der Waals surface area (Å²) in [6.07, 6.45) is 4.64. The van der Waals surface area contributed by atoms with Crippen LogP contribution in [-0.2, 0) is 0 Å². The van der Waals surface area contributed by atoms with Gasteiger partial charge in [-0.1, -0.05) is 31.9 Å². The predicted molar refractivity (Wildman–Crippen MR) is 45.2 cm³/mol. The first-order chi connectivity index (χ1) is 5.16. The number of hydrogen-bond acceptors (Lipinski definition) is 1. The highest BCUT2D eigenvalue weighted by molar-refractivity contribution is 5.28. The molecule has 0 amide bonds. The molecule has 0 radical (unpaired) electrons. The zero-order valence-electron chi connectivity index (χ0n) is 7.14. The first-order valence-electron chi connectivity index (χ1n) is 4.57. The van der Waals surface area contributed by atoms with Gasteiger partial charge in [-0.3, -0.25) is 0 Å². The third-order valence-corrected chi connectivity index (χ3v) is 3.68. The van der Waals surface area contributed by atoms with E-state index in [0.717, 1.165) is 6.42 Å². The van der Waals surface area contributed by atoms with Crippen molar-refractivity contribution in [3.05, 3.63) is 12.2 Å². The molecular weight excluding hydrogens is 136 g/mol. The van der Waals surface area contributed by atoms with Crippen LogP contribution in [-0.4, -0.2) is 10.7 Å². The number of rotatable bonds is 0. The van der Waals surface area contributed by atoms with E-state index in [9.17, 15) is 5.11 Å². The molecule has 0 aliphatic heterocycles. The van der Waals surface area contributed by atoms with Crippen molar-refractivity contribution in [3.63, 3.8) is 0 Å². The fourth-order valence-corrected chi connectivity index (χ4v) is 2.73. The monoisotopic (exact) mass is 152 g/mol. The van der Waals surface area contributed by atoms with E-state index >= 15 is 0 Å². The minimum Gasteiger partial charge on any atom is -0.389 e. The molecule has 1 N–H and O–H groups in total. The first-order valence-corrected chi connectivity index (χ1v) is 4.57. The van der Waals surface area contributed by atoms with Crippen LogP contribution < -0.4 is 0 Å². The van der Waals surface area contributed by atoms with Crippen molar-refractivity contribution in [3.8, 4) is 0 Å². The Hall–Kier alpha value is -0.300. The van der Waals surface area contributed by atoms with E-state index in [0.29, 0.717) is 11.8 Å². The standard InChI is InChI=1S/C10H16O/c1-7-8(2)10(11)6-4-3-5-9(7)10/h8-9,11H,1,3-6H2,2H3/t8-,9+,10+/m1/s1. The zero-order valence-corrected chi connectivity index (χ0v) is 7.14. The van der Waals surface area contributed by atoms with Crippen molar-refractivity contribution < 1.29 is 5.11 Å². The Labute approximate surface area is 68.1 Å². The van der Waals surface area contributed by atoms with Crippen molar-refractivity contribution in [2.45, 2.75) is 38.2 Å². The maximum atomic E-state index is 10.1. The number of aliphatic hydroxyl groups is 1. The van der Waals surface area contributed by atoms with E-state index in [2.05, 4.69) is 13.5 Å². The minimum atomic E-state index is -0.352. The molecule has 11 heavy (non-hydrogen) atoms. The van der Waals surface area contributed by atoms with Gasteiger partial charge in [0.15, 0.2) is 0 Å². The number of fused-ring (bicyclic) bond motifs is 1. The van der Waals surface area contributed by atoms with Gasteiger partial charge in [0.05, 0.1) is 5.60 Å². The molecule has 0 unspecified atom stereocenters. The Morgan fingerprint density at radius 3 is 2.91 bits per heavy atom. The lowest BCUT2D eigenvalue weighted by molar-refractivity contribution is -0.119. The average molecular weight is 152 g/mol. The smallest absolute Gasteiger partial charge is 0.0775 e. The van der Waals surface area contributed by atoms with Gasteiger partial charge in [0, 0.05) is 11.8 Å². The van der Waals surface area contributed by atoms with Crippen molar-refractivity contribution in [2.75, 3.05) is 0 Å². The maximum Gasteiger partial charge on any atom is 0.0775 e. The van der Waals surface area contributed by atoms with Crippen LogP contribution in [0.1, 0.15) is 32.6 Å². The summed E-state index contributed by atoms with van der Waals surface area (Å²) >= 11 is 0. The van der Waals surface area contributed by atoms with Crippen LogP contribution in [0.2, 0.25) is 0 Å². The Morgan fingerprint density at radius 2 is 2.27 bits per heavy atom. The van der Waals surface area contributed by atoms with Crippen LogP contribution in [0, 0.1) is 11.8 Å². The summed E-state index contributed by atoms with van der Waals surface area (Å²) < 4.78 is 0. The summed E-state index contributed by atoms with van der Waals surface area (Å²) in [4.78, 5) is 0. The Morgan fingerprint density at radius 1 is 1.55 bits per heavy atom. The van der Waals surface area contributed by atoms with Gasteiger partial charge in [-0.2, -0.15) is 0 Å². The Balaban J connectivity index is 2.19. The second-order valence-electron chi connectivity index (χ2n) is 4.09. The summed E-state index contributed by atoms with van der Waals surface area (Å²) in [7, 11) is 0. The van der Waals surface area contributed by atoms with Gasteiger partial charge < -0.3 is 5.11 Å². The van der Waals surface area contributed by atoms with Gasteiger partial charge in [-0.15, -0.1) is 0 Å². The molecule has 0 aromatic heterocycles. The predicted octanol–water partition coefficient (Wildman–Crippen LogP) is 2.11. The quantitative estimate of drug-likeness (QED) is 0.527. The third-order valence-electron chi connectivity index (χ3n) is 3.68. The van der Waals surface area contributed by atoms with Crippen LogP contribution in [0.25, 0.3) is 0 Å². The summed E-state index contributed by atoms with van der Waals surface area (Å²) in [5, 5.41) is 10.1. The molecule has 1 nitrogen and oxygen atoms in total. The topological polar surface area (TPSA) is 20.2 Å². The summed E-state index contributed by atoms with van der Waals surface area (Å²) in [6, 6.07) is 0. The summed E-state index contributed by atoms with van der Waals surface area (Å²) in [6.45, 7) is 6.11. The maximum absolute atomic E-state index is 10.1. The molecule has 1 heteroatoms. The molecule has 0 spiro atoms. The molecule has 0 heterocycles. The second kappa shape index (κ2) is 2.10. The largest absolute Gasteiger partial charge is 0.389 e. The molecule has 3 atom stereocenters. The van der Waals surface area contributed by atoms with E-state index in [1.165, 1.54) is 24.8 Å². The molecule has 62 valence electrons. The van der Waals surface area contributed by atoms with E-state index < -0.39 is 0 Å². The lowest BCUT2D eigenvalue weighted by Gasteiger charge is -2.56. The fraction of sp³-hybridized carbons (Fsp3) is 0.800. The van der Waals surface area contributed by atoms with Crippen molar-refractivity contribution in [1.82, 2.24) is 0 Å². The molecule has 0 aromatic rings. The Bertz CT molecular complexity index is 197. The molecule has 2 saturated carbocycles. The number of hydrogen-bond donors (Lipinski definition) is 1. The van der Waals surface area contributed by atoms with Crippen molar-refractivity contribution >= 4 is 0 Å². The van der Waals surface area contributed by atoms with Gasteiger partial charge in [0.2, 0.25) is 0 Å². The first kappa shape index (κ1) is 7.35. The highest BCUT2D eigenvalue weighted by atomic mass is 16.3. The van der Waals surface area contributed by atoms with Gasteiger partial charge in [0.1, 0.15) is 0 Å². The molecule has 0 aromatic carbocycles. The molecule has 0 saturated heterocycles. The van der Waals surface area contributed by atoms with Crippen LogP contribution in [0.15, 0.2) is 12.2 Å². The van der Waals surface area contributed by atoms with Crippen LogP contribution in [0.3, 0.4) is 0 Å². The lowest BCUT2D eigenvalue weighted by atomic mass is 9.53. The van der Waals surface area contributed by atoms with E-state index in [4.69, 9.17) is 0 Å². The average Bonchev–Trinajstić information content (AvgIpc) is 2.04. The van der Waals surface area contributed by atoms with Crippen LogP contribution in [0.5, 0.6) is 0 Å². The van der Waals surface area contributed by atoms with E-state index in [1.54, 1.807) is 0 Å². The van der Waals surface area contributed by atoms with Gasteiger partial charge in [0.25, 0.3) is 0 Å². The normalized spacial score (nSPS) is 49.8. The van der Waals surface area contributed by atoms with Crippen molar-refractivity contribution in [1.29, 1.82) is 0 Å². The third kappa shape index (κ3) is 0.750. The molecule has 2 fully saturated rings. The van der Waals surface area contributed by atoms with Crippen LogP contribution in [0.4, 0.5) is 0 Å². The summed E-state index contributed by atoms with van der Waals surface area (Å²) in [5.41, 5.74) is 0.933. The molecule has 2 rings (SSSR count). The SMILES string of the molecule is C=C1[C@@H](C)[C@@]2(O)CCCC[C@@H]12. The van der Waals surface area contributed by atoms with Crippen LogP contribution >= 0.6 is 0 Å². The zero-order chi connectivity index (χ0) is 8.06. The lowest BCUT2D eigenvalue weighted by Crippen LogP contribution is -2.57. The second-order valence-corrected chi connectivity index (χ2v) is 4.09. The molecular formula is C10H16O. The molecule has 2 aliphatic carbocycles. The highest BCUT2D eigenvalue weighted by Gasteiger charge is 2.54. The minimum absolute atomic E-state index is 0.352. The molecule has 2 aliphatic rings. The van der Waals surface area contributed by atoms with Crippen molar-refractivity contribution in [2.24, 2.45) is 11.8 Å².